The molecule has 0 aliphatic carbocycles. The highest BCUT2D eigenvalue weighted by atomic mass is 35.5. The number of anilines is 1. The van der Waals surface area contributed by atoms with Crippen LogP contribution in [0.1, 0.15) is 25.5 Å². The Morgan fingerprint density at radius 2 is 2.03 bits per heavy atom. The molecule has 0 bridgehead atoms. The number of rotatable bonds is 6. The first-order valence-corrected chi connectivity index (χ1v) is 10.4. The van der Waals surface area contributed by atoms with Gasteiger partial charge in [-0.25, -0.2) is 4.98 Å². The Morgan fingerprint density at radius 1 is 1.30 bits per heavy atom. The summed E-state index contributed by atoms with van der Waals surface area (Å²) in [5, 5.41) is 14.9. The first kappa shape index (κ1) is 21.8. The van der Waals surface area contributed by atoms with Crippen LogP contribution in [0.15, 0.2) is 46.3 Å². The molecule has 0 unspecified atom stereocenters. The Labute approximate surface area is 181 Å². The van der Waals surface area contributed by atoms with Crippen LogP contribution in [0.25, 0.3) is 10.9 Å². The van der Waals surface area contributed by atoms with Gasteiger partial charge in [0, 0.05) is 28.9 Å². The van der Waals surface area contributed by atoms with Crippen molar-refractivity contribution in [2.24, 2.45) is 0 Å². The molecule has 0 radical (unpaired) electrons. The van der Waals surface area contributed by atoms with Crippen LogP contribution in [0.4, 0.5) is 11.4 Å². The van der Waals surface area contributed by atoms with Gasteiger partial charge in [0.1, 0.15) is 0 Å². The number of hydrogen-bond donors (Lipinski definition) is 1. The largest absolute Gasteiger partial charge is 0.325 e. The van der Waals surface area contributed by atoms with Crippen LogP contribution in [0.2, 0.25) is 5.02 Å². The summed E-state index contributed by atoms with van der Waals surface area (Å²) in [6.07, 6.45) is 0. The number of carbonyl (C=O) groups is 1. The predicted molar refractivity (Wildman–Crippen MR) is 119 cm³/mol. The minimum Gasteiger partial charge on any atom is -0.325 e. The third kappa shape index (κ3) is 4.63. The highest BCUT2D eigenvalue weighted by Crippen LogP contribution is 2.24. The first-order chi connectivity index (χ1) is 14.2. The average Bonchev–Trinajstić information content (AvgIpc) is 2.67. The van der Waals surface area contributed by atoms with Gasteiger partial charge < -0.3 is 5.32 Å². The summed E-state index contributed by atoms with van der Waals surface area (Å²) in [6.45, 7) is 5.42. The molecule has 0 saturated carbocycles. The van der Waals surface area contributed by atoms with Gasteiger partial charge >= 0.3 is 0 Å². The van der Waals surface area contributed by atoms with Gasteiger partial charge in [0.25, 0.3) is 11.2 Å². The lowest BCUT2D eigenvalue weighted by atomic mass is 10.2. The lowest BCUT2D eigenvalue weighted by Gasteiger charge is -2.16. The Balaban J connectivity index is 1.83. The monoisotopic (exact) mass is 446 g/mol. The van der Waals surface area contributed by atoms with Gasteiger partial charge in [-0.1, -0.05) is 23.4 Å². The van der Waals surface area contributed by atoms with Crippen molar-refractivity contribution in [2.75, 3.05) is 11.1 Å². The van der Waals surface area contributed by atoms with E-state index in [1.807, 2.05) is 13.8 Å². The summed E-state index contributed by atoms with van der Waals surface area (Å²) in [5.74, 6) is -0.297. The molecule has 0 spiro atoms. The lowest BCUT2D eigenvalue weighted by molar-refractivity contribution is -0.384. The van der Waals surface area contributed by atoms with Gasteiger partial charge in [0.05, 0.1) is 21.6 Å². The topological polar surface area (TPSA) is 107 Å². The predicted octanol–water partition coefficient (Wildman–Crippen LogP) is 4.58. The number of amides is 1. The van der Waals surface area contributed by atoms with Crippen molar-refractivity contribution in [1.82, 2.24) is 9.55 Å². The number of nitro groups is 1. The van der Waals surface area contributed by atoms with Crippen LogP contribution < -0.4 is 10.9 Å². The number of halogens is 1. The number of aryl methyl sites for hydroxylation is 1. The van der Waals surface area contributed by atoms with E-state index in [0.717, 1.165) is 11.8 Å². The quantitative estimate of drug-likeness (QED) is 0.257. The number of carbonyl (C=O) groups excluding carboxylic acids is 1. The molecule has 0 saturated heterocycles. The molecule has 0 atom stereocenters. The molecule has 1 aromatic heterocycles. The van der Waals surface area contributed by atoms with E-state index < -0.39 is 4.92 Å². The van der Waals surface area contributed by atoms with Crippen molar-refractivity contribution in [3.8, 4) is 0 Å². The van der Waals surface area contributed by atoms with Gasteiger partial charge in [0.2, 0.25) is 5.91 Å². The van der Waals surface area contributed by atoms with Crippen LogP contribution >= 0.6 is 23.4 Å². The molecule has 1 amide bonds. The van der Waals surface area contributed by atoms with E-state index in [9.17, 15) is 19.7 Å². The van der Waals surface area contributed by atoms with Gasteiger partial charge in [-0.15, -0.1) is 0 Å². The Kier molecular flexibility index (Phi) is 6.42. The maximum Gasteiger partial charge on any atom is 0.269 e. The molecule has 156 valence electrons. The second-order valence-corrected chi connectivity index (χ2v) is 8.30. The second kappa shape index (κ2) is 8.85. The maximum atomic E-state index is 12.9. The minimum absolute atomic E-state index is 0.0155. The number of thioether (sulfide) groups is 1. The standard InChI is InChI=1S/C20H19ClN4O4S/c1-11(2)24-19(27)15-6-4-13(21)9-17(15)23-20(24)30-10-18(26)22-16-7-5-14(25(28)29)8-12(16)3/h4-9,11H,10H2,1-3H3,(H,22,26). The molecule has 3 aromatic rings. The molecule has 10 heteroatoms. The third-order valence-corrected chi connectivity index (χ3v) is 5.56. The van der Waals surface area contributed by atoms with Crippen LogP contribution in [0.3, 0.4) is 0 Å². The number of fused-ring (bicyclic) bond motifs is 1. The zero-order valence-electron chi connectivity index (χ0n) is 16.5. The average molecular weight is 447 g/mol. The summed E-state index contributed by atoms with van der Waals surface area (Å²) >= 11 is 7.17. The third-order valence-electron chi connectivity index (χ3n) is 4.37. The number of non-ortho nitro benzene ring substituents is 1. The zero-order valence-corrected chi connectivity index (χ0v) is 18.1. The number of benzene rings is 2. The highest BCUT2D eigenvalue weighted by Gasteiger charge is 2.16. The molecular formula is C20H19ClN4O4S. The summed E-state index contributed by atoms with van der Waals surface area (Å²) in [4.78, 5) is 40.2. The van der Waals surface area contributed by atoms with Crippen LogP contribution in [0.5, 0.6) is 0 Å². The zero-order chi connectivity index (χ0) is 22.0. The van der Waals surface area contributed by atoms with Crippen molar-refractivity contribution in [3.05, 3.63) is 67.5 Å². The summed E-state index contributed by atoms with van der Waals surface area (Å²) in [5.41, 5.74) is 1.31. The van der Waals surface area contributed by atoms with E-state index in [0.29, 0.717) is 32.3 Å². The fourth-order valence-electron chi connectivity index (χ4n) is 2.93. The van der Waals surface area contributed by atoms with Crippen molar-refractivity contribution in [3.63, 3.8) is 0 Å². The fraction of sp³-hybridized carbons (Fsp3) is 0.250. The number of nitrogens with one attached hydrogen (secondary N) is 1. The molecule has 30 heavy (non-hydrogen) atoms. The fourth-order valence-corrected chi connectivity index (χ4v) is 4.02. The van der Waals surface area contributed by atoms with E-state index in [4.69, 9.17) is 11.6 Å². The van der Waals surface area contributed by atoms with E-state index >= 15 is 0 Å². The SMILES string of the molecule is Cc1cc([N+](=O)[O-])ccc1NC(=O)CSc1nc2cc(Cl)ccc2c(=O)n1C(C)C. The van der Waals surface area contributed by atoms with Gasteiger partial charge in [-0.05, 0) is 50.6 Å². The molecular weight excluding hydrogens is 428 g/mol. The molecule has 1 N–H and O–H groups in total. The minimum atomic E-state index is -0.489. The Bertz CT molecular complexity index is 1210. The number of nitro benzene ring substituents is 1. The van der Waals surface area contributed by atoms with E-state index in [1.165, 1.54) is 18.2 Å². The Hall–Kier alpha value is -2.91. The van der Waals surface area contributed by atoms with Gasteiger partial charge in [-0.2, -0.15) is 0 Å². The highest BCUT2D eigenvalue weighted by molar-refractivity contribution is 7.99. The second-order valence-electron chi connectivity index (χ2n) is 6.92. The van der Waals surface area contributed by atoms with E-state index in [2.05, 4.69) is 10.3 Å². The van der Waals surface area contributed by atoms with E-state index in [1.54, 1.807) is 29.7 Å². The number of aromatic nitrogens is 2. The molecule has 2 aromatic carbocycles. The summed E-state index contributed by atoms with van der Waals surface area (Å²) in [7, 11) is 0. The summed E-state index contributed by atoms with van der Waals surface area (Å²) < 4.78 is 1.55. The van der Waals surface area contributed by atoms with Crippen LogP contribution in [0, 0.1) is 17.0 Å². The van der Waals surface area contributed by atoms with Gasteiger partial charge in [-0.3, -0.25) is 24.3 Å². The van der Waals surface area contributed by atoms with Crippen molar-refractivity contribution < 1.29 is 9.72 Å². The van der Waals surface area contributed by atoms with Crippen molar-refractivity contribution >= 4 is 51.5 Å². The normalized spacial score (nSPS) is 11.1. The van der Waals surface area contributed by atoms with Gasteiger partial charge in [0.15, 0.2) is 5.16 Å². The van der Waals surface area contributed by atoms with Crippen LogP contribution in [-0.4, -0.2) is 26.1 Å². The lowest BCUT2D eigenvalue weighted by Crippen LogP contribution is -2.25. The maximum absolute atomic E-state index is 12.9. The van der Waals surface area contributed by atoms with Crippen molar-refractivity contribution in [1.29, 1.82) is 0 Å². The smallest absolute Gasteiger partial charge is 0.269 e. The first-order valence-electron chi connectivity index (χ1n) is 9.07. The molecule has 8 nitrogen and oxygen atoms in total. The van der Waals surface area contributed by atoms with Crippen LogP contribution in [-0.2, 0) is 4.79 Å². The molecule has 0 fully saturated rings. The number of nitrogens with zero attached hydrogens (tertiary/aromatic N) is 3. The molecule has 0 aliphatic heterocycles. The summed E-state index contributed by atoms with van der Waals surface area (Å²) in [6, 6.07) is 8.99. The van der Waals surface area contributed by atoms with E-state index in [-0.39, 0.29) is 28.9 Å². The Morgan fingerprint density at radius 3 is 2.67 bits per heavy atom. The molecule has 3 rings (SSSR count). The van der Waals surface area contributed by atoms with Crippen molar-refractivity contribution in [2.45, 2.75) is 32.0 Å². The molecule has 1 heterocycles. The number of hydrogen-bond acceptors (Lipinski definition) is 6. The molecule has 0 aliphatic rings.